The fourth-order valence-corrected chi connectivity index (χ4v) is 1.36. The van der Waals surface area contributed by atoms with Gasteiger partial charge in [-0.1, -0.05) is 31.7 Å². The second-order valence-corrected chi connectivity index (χ2v) is 3.15. The lowest BCUT2D eigenvalue weighted by atomic mass is 10.0. The Labute approximate surface area is 90.6 Å². The zero-order valence-electron chi connectivity index (χ0n) is 8.90. The van der Waals surface area contributed by atoms with E-state index in [4.69, 9.17) is 5.26 Å². The summed E-state index contributed by atoms with van der Waals surface area (Å²) < 4.78 is 0. The van der Waals surface area contributed by atoms with Gasteiger partial charge < -0.3 is 0 Å². The Balaban J connectivity index is 3.21. The lowest BCUT2D eigenvalue weighted by Crippen LogP contribution is -1.93. The maximum atomic E-state index is 8.71. The molecule has 1 aromatic heterocycles. The summed E-state index contributed by atoms with van der Waals surface area (Å²) in [4.78, 5) is 4.09. The lowest BCUT2D eigenvalue weighted by Gasteiger charge is -2.05. The molecule has 0 amide bonds. The first-order valence-corrected chi connectivity index (χ1v) is 4.96. The molecule has 0 unspecified atom stereocenters. The van der Waals surface area contributed by atoms with Crippen molar-refractivity contribution in [3.8, 4) is 6.07 Å². The number of hydrogen-bond acceptors (Lipinski definition) is 2. The van der Waals surface area contributed by atoms with Crippen LogP contribution in [0.25, 0.3) is 12.2 Å². The first-order chi connectivity index (χ1) is 7.33. The molecule has 1 rings (SSSR count). The summed E-state index contributed by atoms with van der Waals surface area (Å²) in [6, 6.07) is 2.14. The number of allylic oxidation sites excluding steroid dienone is 1. The number of nitrogens with zero attached hydrogens (tertiary/aromatic N) is 2. The quantitative estimate of drug-likeness (QED) is 0.744. The fraction of sp³-hybridized carbons (Fsp3) is 0.231. The standard InChI is InChI=1S/C13H14N2/c1-3-5-6-13-11(4-2)9-15-10-12(13)7-8-14/h4-6,9-10H,2-3,7H2,1H3/b6-5-. The van der Waals surface area contributed by atoms with Crippen LogP contribution < -0.4 is 0 Å². The Morgan fingerprint density at radius 3 is 2.93 bits per heavy atom. The molecule has 0 aromatic carbocycles. The van der Waals surface area contributed by atoms with Crippen molar-refractivity contribution in [2.75, 3.05) is 0 Å². The Morgan fingerprint density at radius 2 is 2.33 bits per heavy atom. The molecule has 15 heavy (non-hydrogen) atoms. The molecule has 0 aliphatic rings. The van der Waals surface area contributed by atoms with Gasteiger partial charge in [0.25, 0.3) is 0 Å². The molecule has 0 aliphatic heterocycles. The monoisotopic (exact) mass is 198 g/mol. The van der Waals surface area contributed by atoms with Crippen LogP contribution in [0.5, 0.6) is 0 Å². The number of nitriles is 1. The molecule has 0 bridgehead atoms. The van der Waals surface area contributed by atoms with Gasteiger partial charge in [-0.05, 0) is 23.1 Å². The van der Waals surface area contributed by atoms with Crippen LogP contribution in [-0.4, -0.2) is 4.98 Å². The predicted octanol–water partition coefficient (Wildman–Crippen LogP) is 3.21. The molecule has 0 N–H and O–H groups in total. The van der Waals surface area contributed by atoms with Crippen LogP contribution in [0.1, 0.15) is 30.0 Å². The number of hydrogen-bond donors (Lipinski definition) is 0. The fourth-order valence-electron chi connectivity index (χ4n) is 1.36. The molecule has 0 fully saturated rings. The molecular formula is C13H14N2. The van der Waals surface area contributed by atoms with Crippen LogP contribution in [0, 0.1) is 11.3 Å². The molecule has 2 nitrogen and oxygen atoms in total. The van der Waals surface area contributed by atoms with Crippen LogP contribution in [0.4, 0.5) is 0 Å². The summed E-state index contributed by atoms with van der Waals surface area (Å²) in [5, 5.41) is 8.71. The second-order valence-electron chi connectivity index (χ2n) is 3.15. The highest BCUT2D eigenvalue weighted by Gasteiger charge is 2.03. The van der Waals surface area contributed by atoms with Crippen molar-refractivity contribution in [3.63, 3.8) is 0 Å². The first kappa shape index (κ1) is 11.2. The summed E-state index contributed by atoms with van der Waals surface area (Å²) in [6.45, 7) is 5.82. The molecule has 1 aromatic rings. The maximum absolute atomic E-state index is 8.71. The van der Waals surface area contributed by atoms with E-state index in [1.165, 1.54) is 0 Å². The first-order valence-electron chi connectivity index (χ1n) is 4.96. The summed E-state index contributed by atoms with van der Waals surface area (Å²) in [6.07, 6.45) is 10.7. The Kier molecular flexibility index (Phi) is 4.30. The van der Waals surface area contributed by atoms with Gasteiger partial charge >= 0.3 is 0 Å². The molecule has 0 spiro atoms. The van der Waals surface area contributed by atoms with Crippen LogP contribution in [-0.2, 0) is 6.42 Å². The average molecular weight is 198 g/mol. The second kappa shape index (κ2) is 5.77. The Morgan fingerprint density at radius 1 is 1.53 bits per heavy atom. The lowest BCUT2D eigenvalue weighted by molar-refractivity contribution is 1.17. The zero-order valence-corrected chi connectivity index (χ0v) is 8.90. The van der Waals surface area contributed by atoms with Gasteiger partial charge in [0.1, 0.15) is 0 Å². The molecule has 2 heteroatoms. The number of aromatic nitrogens is 1. The topological polar surface area (TPSA) is 36.7 Å². The summed E-state index contributed by atoms with van der Waals surface area (Å²) in [5.41, 5.74) is 3.00. The minimum atomic E-state index is 0.387. The van der Waals surface area contributed by atoms with Crippen LogP contribution >= 0.6 is 0 Å². The van der Waals surface area contributed by atoms with Crippen molar-refractivity contribution in [1.29, 1.82) is 5.26 Å². The molecular weight excluding hydrogens is 184 g/mol. The van der Waals surface area contributed by atoms with Gasteiger partial charge in [0.05, 0.1) is 12.5 Å². The molecule has 0 atom stereocenters. The van der Waals surface area contributed by atoms with Crippen molar-refractivity contribution in [2.24, 2.45) is 0 Å². The third-order valence-corrected chi connectivity index (χ3v) is 2.11. The van der Waals surface area contributed by atoms with Crippen LogP contribution in [0.2, 0.25) is 0 Å². The molecule has 0 saturated carbocycles. The Bertz CT molecular complexity index is 411. The summed E-state index contributed by atoms with van der Waals surface area (Å²) >= 11 is 0. The molecule has 0 radical (unpaired) electrons. The van der Waals surface area contributed by atoms with Crippen molar-refractivity contribution < 1.29 is 0 Å². The molecule has 76 valence electrons. The van der Waals surface area contributed by atoms with Gasteiger partial charge in [0.15, 0.2) is 0 Å². The van der Waals surface area contributed by atoms with Gasteiger partial charge in [0.2, 0.25) is 0 Å². The van der Waals surface area contributed by atoms with Gasteiger partial charge in [-0.3, -0.25) is 4.98 Å². The third kappa shape index (κ3) is 2.78. The third-order valence-electron chi connectivity index (χ3n) is 2.11. The predicted molar refractivity (Wildman–Crippen MR) is 63.0 cm³/mol. The highest BCUT2D eigenvalue weighted by Crippen LogP contribution is 2.17. The van der Waals surface area contributed by atoms with Gasteiger partial charge in [0, 0.05) is 12.4 Å². The SMILES string of the molecule is C=Cc1cncc(CC#N)c1/C=C\CC. The van der Waals surface area contributed by atoms with E-state index in [2.05, 4.69) is 30.6 Å². The van der Waals surface area contributed by atoms with E-state index >= 15 is 0 Å². The van der Waals surface area contributed by atoms with E-state index < -0.39 is 0 Å². The van der Waals surface area contributed by atoms with Crippen molar-refractivity contribution in [2.45, 2.75) is 19.8 Å². The van der Waals surface area contributed by atoms with Gasteiger partial charge in [-0.25, -0.2) is 0 Å². The normalized spacial score (nSPS) is 10.1. The van der Waals surface area contributed by atoms with Crippen molar-refractivity contribution in [3.05, 3.63) is 41.7 Å². The molecule has 0 aliphatic carbocycles. The Hall–Kier alpha value is -1.88. The number of rotatable bonds is 4. The molecule has 0 saturated heterocycles. The summed E-state index contributed by atoms with van der Waals surface area (Å²) in [5.74, 6) is 0. The van der Waals surface area contributed by atoms with E-state index in [0.29, 0.717) is 6.42 Å². The molecule has 1 heterocycles. The smallest absolute Gasteiger partial charge is 0.0670 e. The zero-order chi connectivity index (χ0) is 11.1. The van der Waals surface area contributed by atoms with Crippen LogP contribution in [0.15, 0.2) is 25.0 Å². The largest absolute Gasteiger partial charge is 0.264 e. The van der Waals surface area contributed by atoms with E-state index in [1.54, 1.807) is 18.5 Å². The van der Waals surface area contributed by atoms with E-state index in [1.807, 2.05) is 6.08 Å². The average Bonchev–Trinajstić information content (AvgIpc) is 2.27. The van der Waals surface area contributed by atoms with Crippen LogP contribution in [0.3, 0.4) is 0 Å². The van der Waals surface area contributed by atoms with E-state index in [0.717, 1.165) is 23.1 Å². The highest BCUT2D eigenvalue weighted by molar-refractivity contribution is 5.66. The van der Waals surface area contributed by atoms with E-state index in [-0.39, 0.29) is 0 Å². The number of pyridine rings is 1. The maximum Gasteiger partial charge on any atom is 0.0670 e. The van der Waals surface area contributed by atoms with E-state index in [9.17, 15) is 0 Å². The van der Waals surface area contributed by atoms with Crippen molar-refractivity contribution in [1.82, 2.24) is 4.98 Å². The minimum Gasteiger partial charge on any atom is -0.264 e. The highest BCUT2D eigenvalue weighted by atomic mass is 14.6. The van der Waals surface area contributed by atoms with Gasteiger partial charge in [-0.15, -0.1) is 0 Å². The van der Waals surface area contributed by atoms with Crippen molar-refractivity contribution >= 4 is 12.2 Å². The summed E-state index contributed by atoms with van der Waals surface area (Å²) in [7, 11) is 0. The minimum absolute atomic E-state index is 0.387. The van der Waals surface area contributed by atoms with Gasteiger partial charge in [-0.2, -0.15) is 5.26 Å².